The predicted molar refractivity (Wildman–Crippen MR) is 96.2 cm³/mol. The number of hydrogen-bond donors (Lipinski definition) is 1. The third-order valence-corrected chi connectivity index (χ3v) is 5.31. The molecule has 0 saturated heterocycles. The van der Waals surface area contributed by atoms with Crippen LogP contribution in [0.2, 0.25) is 4.34 Å². The number of carbonyl (C=O) groups is 1. The molecule has 0 aliphatic heterocycles. The van der Waals surface area contributed by atoms with Crippen molar-refractivity contribution in [2.75, 3.05) is 6.54 Å². The van der Waals surface area contributed by atoms with Gasteiger partial charge in [0.1, 0.15) is 0 Å². The number of H-pyrrole nitrogens is 1. The third kappa shape index (κ3) is 3.72. The Morgan fingerprint density at radius 1 is 1.43 bits per heavy atom. The average Bonchev–Trinajstić information content (AvgIpc) is 3.27. The quantitative estimate of drug-likeness (QED) is 0.646. The van der Waals surface area contributed by atoms with Crippen LogP contribution in [0, 0.1) is 0 Å². The van der Waals surface area contributed by atoms with E-state index in [1.807, 2.05) is 29.6 Å². The monoisotopic (exact) mass is 363 g/mol. The minimum Gasteiger partial charge on any atom is -0.328 e. The second-order valence-corrected chi connectivity index (χ2v) is 7.57. The van der Waals surface area contributed by atoms with E-state index in [0.29, 0.717) is 23.1 Å². The molecule has 0 saturated carbocycles. The van der Waals surface area contributed by atoms with Crippen LogP contribution in [-0.4, -0.2) is 27.5 Å². The van der Waals surface area contributed by atoms with Crippen LogP contribution in [0.25, 0.3) is 10.6 Å². The number of nitrogens with zero attached hydrogens (tertiary/aromatic N) is 2. The molecule has 3 heterocycles. The minimum atomic E-state index is -0.131. The average molecular weight is 364 g/mol. The van der Waals surface area contributed by atoms with Crippen molar-refractivity contribution in [3.63, 3.8) is 0 Å². The number of amides is 1. The van der Waals surface area contributed by atoms with Crippen molar-refractivity contribution < 1.29 is 4.79 Å². The minimum absolute atomic E-state index is 0.131. The maximum absolute atomic E-state index is 12.7. The van der Waals surface area contributed by atoms with Gasteiger partial charge in [0.25, 0.3) is 5.91 Å². The second-order valence-electron chi connectivity index (χ2n) is 4.82. The maximum atomic E-state index is 12.7. The summed E-state index contributed by atoms with van der Waals surface area (Å²) < 4.78 is 0.714. The maximum Gasteiger partial charge on any atom is 0.274 e. The normalized spacial score (nSPS) is 10.7. The number of rotatable bonds is 6. The zero-order valence-corrected chi connectivity index (χ0v) is 14.5. The molecule has 3 rings (SSSR count). The van der Waals surface area contributed by atoms with Crippen molar-refractivity contribution in [3.05, 3.63) is 63.3 Å². The second kappa shape index (κ2) is 7.12. The molecule has 0 aliphatic rings. The molecule has 0 aromatic carbocycles. The van der Waals surface area contributed by atoms with Gasteiger partial charge in [0, 0.05) is 11.4 Å². The molecule has 0 aliphatic carbocycles. The van der Waals surface area contributed by atoms with Crippen LogP contribution in [0.15, 0.2) is 48.4 Å². The summed E-state index contributed by atoms with van der Waals surface area (Å²) in [5.41, 5.74) is 1.25. The van der Waals surface area contributed by atoms with Crippen LogP contribution >= 0.6 is 34.3 Å². The highest BCUT2D eigenvalue weighted by atomic mass is 35.5. The first kappa shape index (κ1) is 16.0. The summed E-state index contributed by atoms with van der Waals surface area (Å²) in [4.78, 5) is 16.5. The van der Waals surface area contributed by atoms with Crippen molar-refractivity contribution in [2.24, 2.45) is 0 Å². The number of aromatic nitrogens is 2. The van der Waals surface area contributed by atoms with Gasteiger partial charge in [-0.05, 0) is 29.6 Å². The first-order valence-electron chi connectivity index (χ1n) is 6.91. The lowest BCUT2D eigenvalue weighted by atomic mass is 10.2. The van der Waals surface area contributed by atoms with Gasteiger partial charge in [-0.15, -0.1) is 29.3 Å². The Kier molecular flexibility index (Phi) is 4.95. The van der Waals surface area contributed by atoms with E-state index < -0.39 is 0 Å². The Balaban J connectivity index is 1.79. The van der Waals surface area contributed by atoms with Crippen LogP contribution in [0.4, 0.5) is 0 Å². The number of hydrogen-bond acceptors (Lipinski definition) is 4. The summed E-state index contributed by atoms with van der Waals surface area (Å²) in [7, 11) is 0. The smallest absolute Gasteiger partial charge is 0.274 e. The highest BCUT2D eigenvalue weighted by Crippen LogP contribution is 2.25. The molecule has 118 valence electrons. The summed E-state index contributed by atoms with van der Waals surface area (Å²) in [5.74, 6) is -0.131. The summed E-state index contributed by atoms with van der Waals surface area (Å²) in [6.45, 7) is 4.67. The molecule has 1 amide bonds. The summed E-state index contributed by atoms with van der Waals surface area (Å²) >= 11 is 9.02. The number of thiophene rings is 2. The molecule has 0 radical (unpaired) electrons. The van der Waals surface area contributed by atoms with Gasteiger partial charge in [-0.25, -0.2) is 0 Å². The molecule has 3 aromatic heterocycles. The lowest BCUT2D eigenvalue weighted by Crippen LogP contribution is -2.30. The molecule has 0 bridgehead atoms. The Hall–Kier alpha value is -1.89. The molecule has 4 nitrogen and oxygen atoms in total. The van der Waals surface area contributed by atoms with Crippen molar-refractivity contribution >= 4 is 40.2 Å². The lowest BCUT2D eigenvalue weighted by Gasteiger charge is -2.19. The van der Waals surface area contributed by atoms with Crippen molar-refractivity contribution in [2.45, 2.75) is 6.54 Å². The number of aromatic amines is 1. The van der Waals surface area contributed by atoms with E-state index >= 15 is 0 Å². The van der Waals surface area contributed by atoms with E-state index in [0.717, 1.165) is 15.4 Å². The van der Waals surface area contributed by atoms with Crippen molar-refractivity contribution in [1.82, 2.24) is 15.1 Å². The van der Waals surface area contributed by atoms with Gasteiger partial charge in [-0.3, -0.25) is 9.89 Å². The van der Waals surface area contributed by atoms with E-state index in [1.54, 1.807) is 28.4 Å². The van der Waals surface area contributed by atoms with Crippen LogP contribution in [0.3, 0.4) is 0 Å². The fraction of sp³-hybridized carbons (Fsp3) is 0.125. The summed E-state index contributed by atoms with van der Waals surface area (Å²) in [6, 6.07) is 9.50. The summed E-state index contributed by atoms with van der Waals surface area (Å²) in [5, 5.41) is 9.07. The Bertz CT molecular complexity index is 807. The Morgan fingerprint density at radius 3 is 2.96 bits per heavy atom. The van der Waals surface area contributed by atoms with E-state index in [4.69, 9.17) is 11.6 Å². The van der Waals surface area contributed by atoms with Crippen LogP contribution < -0.4 is 0 Å². The molecule has 0 unspecified atom stereocenters. The number of carbonyl (C=O) groups excluding carboxylic acids is 1. The van der Waals surface area contributed by atoms with Crippen molar-refractivity contribution in [1.29, 1.82) is 0 Å². The van der Waals surface area contributed by atoms with Gasteiger partial charge in [0.05, 0.1) is 21.5 Å². The molecule has 0 spiro atoms. The Morgan fingerprint density at radius 2 is 2.30 bits per heavy atom. The van der Waals surface area contributed by atoms with Gasteiger partial charge in [-0.1, -0.05) is 23.7 Å². The van der Waals surface area contributed by atoms with E-state index in [2.05, 4.69) is 16.8 Å². The third-order valence-electron chi connectivity index (χ3n) is 3.20. The molecule has 7 heteroatoms. The molecule has 0 atom stereocenters. The summed E-state index contributed by atoms with van der Waals surface area (Å²) in [6.07, 6.45) is 1.71. The molecule has 23 heavy (non-hydrogen) atoms. The van der Waals surface area contributed by atoms with Crippen molar-refractivity contribution in [3.8, 4) is 10.6 Å². The van der Waals surface area contributed by atoms with Crippen LogP contribution in [0.5, 0.6) is 0 Å². The first-order valence-corrected chi connectivity index (χ1v) is 8.98. The van der Waals surface area contributed by atoms with E-state index in [1.165, 1.54) is 11.3 Å². The zero-order chi connectivity index (χ0) is 16.2. The van der Waals surface area contributed by atoms with E-state index in [-0.39, 0.29) is 5.91 Å². The fourth-order valence-corrected chi connectivity index (χ4v) is 3.95. The SMILES string of the molecule is C=CCN(Cc1ccc(Cl)s1)C(=O)c1cc(-c2cccs2)[nH]n1. The highest BCUT2D eigenvalue weighted by molar-refractivity contribution is 7.16. The standard InChI is InChI=1S/C16H14ClN3OS2/c1-2-7-20(10-11-5-6-15(17)23-11)16(21)13-9-12(18-19-13)14-4-3-8-22-14/h2-6,8-9H,1,7,10H2,(H,18,19). The van der Waals surface area contributed by atoms with Crippen LogP contribution in [0.1, 0.15) is 15.4 Å². The van der Waals surface area contributed by atoms with Crippen LogP contribution in [-0.2, 0) is 6.54 Å². The number of nitrogens with one attached hydrogen (secondary N) is 1. The number of halogens is 1. The first-order chi connectivity index (χ1) is 11.2. The van der Waals surface area contributed by atoms with Gasteiger partial charge >= 0.3 is 0 Å². The zero-order valence-electron chi connectivity index (χ0n) is 12.2. The lowest BCUT2D eigenvalue weighted by molar-refractivity contribution is 0.0758. The van der Waals surface area contributed by atoms with Gasteiger partial charge in [0.2, 0.25) is 0 Å². The molecular weight excluding hydrogens is 350 g/mol. The molecule has 1 N–H and O–H groups in total. The topological polar surface area (TPSA) is 49.0 Å². The predicted octanol–water partition coefficient (Wildman–Crippen LogP) is 4.68. The fourth-order valence-electron chi connectivity index (χ4n) is 2.15. The highest BCUT2D eigenvalue weighted by Gasteiger charge is 2.19. The molecule has 0 fully saturated rings. The van der Waals surface area contributed by atoms with Gasteiger partial charge in [0.15, 0.2) is 5.69 Å². The largest absolute Gasteiger partial charge is 0.328 e. The Labute approximate surface area is 147 Å². The molecular formula is C16H14ClN3OS2. The van der Waals surface area contributed by atoms with E-state index in [9.17, 15) is 4.79 Å². The van der Waals surface area contributed by atoms with Gasteiger partial charge in [-0.2, -0.15) is 5.10 Å². The van der Waals surface area contributed by atoms with Gasteiger partial charge < -0.3 is 4.90 Å². The molecule has 3 aromatic rings.